The minimum atomic E-state index is -3.26. The van der Waals surface area contributed by atoms with Crippen molar-refractivity contribution in [2.24, 2.45) is 0 Å². The van der Waals surface area contributed by atoms with Crippen LogP contribution in [0.15, 0.2) is 53.4 Å². The third-order valence-electron chi connectivity index (χ3n) is 4.30. The van der Waals surface area contributed by atoms with Gasteiger partial charge >= 0.3 is 0 Å². The lowest BCUT2D eigenvalue weighted by Crippen LogP contribution is -2.18. The molecule has 0 heterocycles. The number of sulfone groups is 1. The van der Waals surface area contributed by atoms with E-state index in [-0.39, 0.29) is 11.2 Å². The molecule has 0 bridgehead atoms. The zero-order valence-electron chi connectivity index (χ0n) is 13.0. The molecule has 6 heteroatoms. The Morgan fingerprint density at radius 2 is 1.62 bits per heavy atom. The fraction of sp³-hybridized carbons (Fsp3) is 0.278. The van der Waals surface area contributed by atoms with Crippen LogP contribution in [0.25, 0.3) is 0 Å². The van der Waals surface area contributed by atoms with E-state index >= 15 is 0 Å². The summed E-state index contributed by atoms with van der Waals surface area (Å²) in [5, 5.41) is 2.55. The van der Waals surface area contributed by atoms with E-state index in [1.807, 2.05) is 18.2 Å². The van der Waals surface area contributed by atoms with Crippen LogP contribution in [0.4, 0.5) is 5.69 Å². The Balaban J connectivity index is 1.75. The van der Waals surface area contributed by atoms with Gasteiger partial charge in [-0.05, 0) is 71.8 Å². The number of nitrogens with one attached hydrogen (secondary N) is 1. The van der Waals surface area contributed by atoms with Gasteiger partial charge in [-0.3, -0.25) is 4.79 Å². The van der Waals surface area contributed by atoms with Gasteiger partial charge in [-0.2, -0.15) is 0 Å². The van der Waals surface area contributed by atoms with E-state index < -0.39 is 9.84 Å². The minimum Gasteiger partial charge on any atom is -0.322 e. The van der Waals surface area contributed by atoms with E-state index in [0.29, 0.717) is 16.1 Å². The molecule has 0 radical (unpaired) electrons. The second-order valence-corrected chi connectivity index (χ2v) is 9.30. The number of hydrogen-bond donors (Lipinski definition) is 1. The van der Waals surface area contributed by atoms with Gasteiger partial charge in [0.2, 0.25) is 0 Å². The highest BCUT2D eigenvalue weighted by Crippen LogP contribution is 2.30. The third kappa shape index (κ3) is 3.64. The maximum atomic E-state index is 12.5. The Morgan fingerprint density at radius 3 is 2.25 bits per heavy atom. The average Bonchev–Trinajstić information content (AvgIpc) is 3.11. The first kappa shape index (κ1) is 17.4. The number of benzene rings is 2. The molecule has 1 fully saturated rings. The van der Waals surface area contributed by atoms with Crippen molar-refractivity contribution in [3.05, 3.63) is 57.7 Å². The molecule has 2 aromatic rings. The molecule has 1 N–H and O–H groups in total. The fourth-order valence-corrected chi connectivity index (χ4v) is 5.45. The maximum Gasteiger partial charge on any atom is 0.256 e. The van der Waals surface area contributed by atoms with Crippen molar-refractivity contribution in [3.63, 3.8) is 0 Å². The van der Waals surface area contributed by atoms with Crippen LogP contribution < -0.4 is 5.32 Å². The van der Waals surface area contributed by atoms with E-state index in [1.165, 1.54) is 0 Å². The first-order valence-electron chi connectivity index (χ1n) is 7.88. The summed E-state index contributed by atoms with van der Waals surface area (Å²) >= 11 is 2.12. The van der Waals surface area contributed by atoms with Crippen LogP contribution in [0, 0.1) is 3.57 Å². The predicted octanol–water partition coefficient (Wildman–Crippen LogP) is 4.26. The molecule has 0 unspecified atom stereocenters. The van der Waals surface area contributed by atoms with Crippen molar-refractivity contribution < 1.29 is 13.2 Å². The van der Waals surface area contributed by atoms with Crippen molar-refractivity contribution in [2.75, 3.05) is 5.32 Å². The molecule has 1 aliphatic carbocycles. The SMILES string of the molecule is O=C(Nc1ccc(S(=O)(=O)C2CCCC2)cc1)c1ccccc1I. The highest BCUT2D eigenvalue weighted by molar-refractivity contribution is 14.1. The molecule has 0 atom stereocenters. The van der Waals surface area contributed by atoms with Gasteiger partial charge in [0.25, 0.3) is 5.91 Å². The molecule has 4 nitrogen and oxygen atoms in total. The van der Waals surface area contributed by atoms with Gasteiger partial charge in [0.1, 0.15) is 0 Å². The monoisotopic (exact) mass is 455 g/mol. The van der Waals surface area contributed by atoms with Gasteiger partial charge in [-0.15, -0.1) is 0 Å². The summed E-state index contributed by atoms with van der Waals surface area (Å²) in [4.78, 5) is 12.6. The van der Waals surface area contributed by atoms with Gasteiger partial charge in [-0.25, -0.2) is 8.42 Å². The lowest BCUT2D eigenvalue weighted by atomic mass is 10.2. The van der Waals surface area contributed by atoms with Crippen LogP contribution in [-0.2, 0) is 9.84 Å². The van der Waals surface area contributed by atoms with Crippen LogP contribution >= 0.6 is 22.6 Å². The molecule has 24 heavy (non-hydrogen) atoms. The summed E-state index contributed by atoms with van der Waals surface area (Å²) in [5.41, 5.74) is 1.19. The molecule has 0 spiro atoms. The summed E-state index contributed by atoms with van der Waals surface area (Å²) in [6.07, 6.45) is 3.45. The van der Waals surface area contributed by atoms with E-state index in [2.05, 4.69) is 27.9 Å². The van der Waals surface area contributed by atoms with Gasteiger partial charge < -0.3 is 5.32 Å². The molecular formula is C18H18INO3S. The van der Waals surface area contributed by atoms with Gasteiger partial charge in [0.15, 0.2) is 9.84 Å². The Kier molecular flexibility index (Phi) is 5.24. The van der Waals surface area contributed by atoms with E-state index in [1.54, 1.807) is 30.3 Å². The number of carbonyl (C=O) groups is 1. The Labute approximate surface area is 155 Å². The van der Waals surface area contributed by atoms with Crippen LogP contribution in [0.3, 0.4) is 0 Å². The smallest absolute Gasteiger partial charge is 0.256 e. The third-order valence-corrected chi connectivity index (χ3v) is 7.52. The molecule has 1 aliphatic rings. The van der Waals surface area contributed by atoms with E-state index in [4.69, 9.17) is 0 Å². The Bertz CT molecular complexity index is 841. The van der Waals surface area contributed by atoms with Crippen LogP contribution in [0.1, 0.15) is 36.0 Å². The van der Waals surface area contributed by atoms with Crippen molar-refractivity contribution in [3.8, 4) is 0 Å². The second kappa shape index (κ2) is 7.23. The topological polar surface area (TPSA) is 63.2 Å². The number of rotatable bonds is 4. The zero-order chi connectivity index (χ0) is 17.2. The van der Waals surface area contributed by atoms with Crippen molar-refractivity contribution in [1.82, 2.24) is 0 Å². The summed E-state index contributed by atoms with van der Waals surface area (Å²) in [6.45, 7) is 0. The fourth-order valence-electron chi connectivity index (χ4n) is 2.96. The number of anilines is 1. The predicted molar refractivity (Wildman–Crippen MR) is 103 cm³/mol. The molecule has 0 saturated heterocycles. The molecule has 0 aliphatic heterocycles. The largest absolute Gasteiger partial charge is 0.322 e. The summed E-state index contributed by atoms with van der Waals surface area (Å²) in [6, 6.07) is 13.8. The summed E-state index contributed by atoms with van der Waals surface area (Å²) in [5.74, 6) is -0.202. The quantitative estimate of drug-likeness (QED) is 0.701. The van der Waals surface area contributed by atoms with Crippen molar-refractivity contribution >= 4 is 44.0 Å². The highest BCUT2D eigenvalue weighted by Gasteiger charge is 2.30. The summed E-state index contributed by atoms with van der Waals surface area (Å²) < 4.78 is 26.0. The van der Waals surface area contributed by atoms with Gasteiger partial charge in [0, 0.05) is 9.26 Å². The normalized spacial score (nSPS) is 15.4. The van der Waals surface area contributed by atoms with E-state index in [9.17, 15) is 13.2 Å². The molecule has 126 valence electrons. The lowest BCUT2D eigenvalue weighted by Gasteiger charge is -2.12. The van der Waals surface area contributed by atoms with Crippen molar-refractivity contribution in [2.45, 2.75) is 35.8 Å². The van der Waals surface area contributed by atoms with Crippen molar-refractivity contribution in [1.29, 1.82) is 0 Å². The molecule has 0 aromatic heterocycles. The molecule has 1 amide bonds. The lowest BCUT2D eigenvalue weighted by molar-refractivity contribution is 0.102. The molecule has 2 aromatic carbocycles. The molecular weight excluding hydrogens is 437 g/mol. The van der Waals surface area contributed by atoms with Gasteiger partial charge in [0.05, 0.1) is 15.7 Å². The number of amides is 1. The Hall–Kier alpha value is -1.41. The van der Waals surface area contributed by atoms with Crippen LogP contribution in [0.5, 0.6) is 0 Å². The average molecular weight is 455 g/mol. The highest BCUT2D eigenvalue weighted by atomic mass is 127. The number of carbonyl (C=O) groups excluding carboxylic acids is 1. The zero-order valence-corrected chi connectivity index (χ0v) is 16.0. The minimum absolute atomic E-state index is 0.202. The van der Waals surface area contributed by atoms with E-state index in [0.717, 1.165) is 29.3 Å². The summed E-state index contributed by atoms with van der Waals surface area (Å²) in [7, 11) is -3.26. The molecule has 3 rings (SSSR count). The van der Waals surface area contributed by atoms with Crippen LogP contribution in [0.2, 0.25) is 0 Å². The number of hydrogen-bond acceptors (Lipinski definition) is 3. The molecule has 1 saturated carbocycles. The second-order valence-electron chi connectivity index (χ2n) is 5.91. The number of halogens is 1. The van der Waals surface area contributed by atoms with Gasteiger partial charge in [-0.1, -0.05) is 25.0 Å². The standard InChI is InChI=1S/C18H18INO3S/c19-17-8-4-3-7-16(17)18(21)20-13-9-11-15(12-10-13)24(22,23)14-5-1-2-6-14/h3-4,7-12,14H,1-2,5-6H2,(H,20,21). The Morgan fingerprint density at radius 1 is 1.00 bits per heavy atom. The maximum absolute atomic E-state index is 12.5. The first-order valence-corrected chi connectivity index (χ1v) is 10.5. The van der Waals surface area contributed by atoms with Crippen LogP contribution in [-0.4, -0.2) is 19.6 Å². The first-order chi connectivity index (χ1) is 11.5.